The summed E-state index contributed by atoms with van der Waals surface area (Å²) in [6.45, 7) is 2.17. The fourth-order valence-electron chi connectivity index (χ4n) is 2.85. The molecule has 0 saturated heterocycles. The molecular weight excluding hydrogens is 232 g/mol. The zero-order valence-electron chi connectivity index (χ0n) is 10.5. The molecule has 1 nitrogen and oxygen atoms in total. The number of hydrogen-bond acceptors (Lipinski definition) is 1. The van der Waals surface area contributed by atoms with E-state index < -0.39 is 11.6 Å². The van der Waals surface area contributed by atoms with Crippen molar-refractivity contribution in [3.8, 4) is 6.07 Å². The first kappa shape index (κ1) is 13.0. The van der Waals surface area contributed by atoms with Gasteiger partial charge in [-0.3, -0.25) is 0 Å². The van der Waals surface area contributed by atoms with Crippen molar-refractivity contribution in [3.05, 3.63) is 34.9 Å². The van der Waals surface area contributed by atoms with E-state index in [1.54, 1.807) is 12.1 Å². The van der Waals surface area contributed by atoms with Crippen molar-refractivity contribution in [2.45, 2.75) is 44.9 Å². The van der Waals surface area contributed by atoms with E-state index in [2.05, 4.69) is 6.92 Å². The highest BCUT2D eigenvalue weighted by Gasteiger charge is 2.25. The van der Waals surface area contributed by atoms with Crippen molar-refractivity contribution in [1.82, 2.24) is 0 Å². The zero-order valence-corrected chi connectivity index (χ0v) is 10.5. The molecule has 0 atom stereocenters. The Morgan fingerprint density at radius 2 is 1.83 bits per heavy atom. The summed E-state index contributed by atoms with van der Waals surface area (Å²) in [6, 6.07) is 4.63. The molecule has 0 heterocycles. The summed E-state index contributed by atoms with van der Waals surface area (Å²) in [6.07, 6.45) is 5.17. The van der Waals surface area contributed by atoms with Crippen molar-refractivity contribution in [2.75, 3.05) is 0 Å². The van der Waals surface area contributed by atoms with Gasteiger partial charge in [0, 0.05) is 0 Å². The Hall–Kier alpha value is -1.43. The van der Waals surface area contributed by atoms with Crippen LogP contribution in [0.25, 0.3) is 0 Å². The van der Waals surface area contributed by atoms with Gasteiger partial charge in [-0.1, -0.05) is 19.4 Å². The summed E-state index contributed by atoms with van der Waals surface area (Å²) >= 11 is 0. The topological polar surface area (TPSA) is 23.8 Å². The minimum Gasteiger partial charge on any atom is -0.203 e. The summed E-state index contributed by atoms with van der Waals surface area (Å²) in [5.74, 6) is -0.982. The Kier molecular flexibility index (Phi) is 3.96. The lowest BCUT2D eigenvalue weighted by atomic mass is 9.77. The fraction of sp³-hybridized carbons (Fsp3) is 0.533. The van der Waals surface area contributed by atoms with Crippen LogP contribution in [0.3, 0.4) is 0 Å². The molecule has 0 aromatic heterocycles. The van der Waals surface area contributed by atoms with E-state index in [0.717, 1.165) is 38.0 Å². The fourth-order valence-corrected chi connectivity index (χ4v) is 2.85. The first-order valence-corrected chi connectivity index (χ1v) is 6.55. The number of nitriles is 1. The predicted octanol–water partition coefficient (Wildman–Crippen LogP) is 4.52. The number of nitrogens with zero attached hydrogens (tertiary/aromatic N) is 1. The van der Waals surface area contributed by atoms with Crippen LogP contribution in [-0.4, -0.2) is 0 Å². The highest BCUT2D eigenvalue weighted by molar-refractivity contribution is 5.36. The summed E-state index contributed by atoms with van der Waals surface area (Å²) in [5.41, 5.74) is 0.236. The Labute approximate surface area is 106 Å². The Balaban J connectivity index is 2.20. The zero-order chi connectivity index (χ0) is 13.1. The van der Waals surface area contributed by atoms with E-state index in [-0.39, 0.29) is 11.5 Å². The third kappa shape index (κ3) is 2.38. The molecule has 0 unspecified atom stereocenters. The third-order valence-corrected chi connectivity index (χ3v) is 4.10. The minimum atomic E-state index is -0.993. The number of hydrogen-bond donors (Lipinski definition) is 0. The number of benzene rings is 1. The van der Waals surface area contributed by atoms with Crippen LogP contribution in [0.1, 0.15) is 56.1 Å². The summed E-state index contributed by atoms with van der Waals surface area (Å²) in [4.78, 5) is 0. The van der Waals surface area contributed by atoms with Crippen LogP contribution in [-0.2, 0) is 0 Å². The molecule has 0 spiro atoms. The highest BCUT2D eigenvalue weighted by atomic mass is 19.2. The molecule has 3 heteroatoms. The number of halogens is 2. The van der Waals surface area contributed by atoms with E-state index in [4.69, 9.17) is 5.26 Å². The van der Waals surface area contributed by atoms with E-state index >= 15 is 0 Å². The SMILES string of the molecule is CC[C@H]1CC[C@H](c2ccc(C#N)c(F)c2F)CC1. The van der Waals surface area contributed by atoms with Gasteiger partial charge in [-0.2, -0.15) is 5.26 Å². The Bertz CT molecular complexity index is 468. The van der Waals surface area contributed by atoms with E-state index in [9.17, 15) is 8.78 Å². The third-order valence-electron chi connectivity index (χ3n) is 4.10. The van der Waals surface area contributed by atoms with Crippen molar-refractivity contribution >= 4 is 0 Å². The van der Waals surface area contributed by atoms with Crippen LogP contribution < -0.4 is 0 Å². The lowest BCUT2D eigenvalue weighted by Crippen LogP contribution is -2.14. The largest absolute Gasteiger partial charge is 0.203 e. The monoisotopic (exact) mass is 249 g/mol. The molecule has 1 aromatic rings. The van der Waals surface area contributed by atoms with Crippen LogP contribution in [0, 0.1) is 28.9 Å². The van der Waals surface area contributed by atoms with E-state index in [1.165, 1.54) is 6.07 Å². The van der Waals surface area contributed by atoms with Gasteiger partial charge in [0.15, 0.2) is 11.6 Å². The molecule has 0 N–H and O–H groups in total. The molecule has 0 bridgehead atoms. The van der Waals surface area contributed by atoms with Gasteiger partial charge in [-0.05, 0) is 49.1 Å². The van der Waals surface area contributed by atoms with Gasteiger partial charge in [0.05, 0.1) is 5.56 Å². The molecule has 2 rings (SSSR count). The maximum atomic E-state index is 13.9. The molecule has 1 aliphatic carbocycles. The molecule has 96 valence electrons. The van der Waals surface area contributed by atoms with Gasteiger partial charge < -0.3 is 0 Å². The molecule has 1 aromatic carbocycles. The summed E-state index contributed by atoms with van der Waals surface area (Å²) in [5, 5.41) is 8.65. The molecule has 1 aliphatic rings. The maximum Gasteiger partial charge on any atom is 0.176 e. The minimum absolute atomic E-state index is 0.107. The van der Waals surface area contributed by atoms with Crippen molar-refractivity contribution in [1.29, 1.82) is 5.26 Å². The highest BCUT2D eigenvalue weighted by Crippen LogP contribution is 2.38. The average molecular weight is 249 g/mol. The van der Waals surface area contributed by atoms with Crippen LogP contribution in [0.2, 0.25) is 0 Å². The van der Waals surface area contributed by atoms with Crippen LogP contribution in [0.15, 0.2) is 12.1 Å². The van der Waals surface area contributed by atoms with Gasteiger partial charge in [0.2, 0.25) is 0 Å². The van der Waals surface area contributed by atoms with Crippen molar-refractivity contribution < 1.29 is 8.78 Å². The summed E-state index contributed by atoms with van der Waals surface area (Å²) < 4.78 is 27.4. The van der Waals surface area contributed by atoms with Gasteiger partial charge in [-0.15, -0.1) is 0 Å². The second kappa shape index (κ2) is 5.48. The molecule has 1 saturated carbocycles. The molecular formula is C15H17F2N. The molecule has 0 amide bonds. The van der Waals surface area contributed by atoms with Gasteiger partial charge in [0.25, 0.3) is 0 Å². The average Bonchev–Trinajstić information content (AvgIpc) is 2.42. The molecule has 0 aliphatic heterocycles. The lowest BCUT2D eigenvalue weighted by Gasteiger charge is -2.28. The Morgan fingerprint density at radius 3 is 2.39 bits per heavy atom. The second-order valence-electron chi connectivity index (χ2n) is 5.07. The normalized spacial score (nSPS) is 23.7. The first-order chi connectivity index (χ1) is 8.67. The molecule has 18 heavy (non-hydrogen) atoms. The maximum absolute atomic E-state index is 13.9. The second-order valence-corrected chi connectivity index (χ2v) is 5.07. The van der Waals surface area contributed by atoms with Gasteiger partial charge >= 0.3 is 0 Å². The lowest BCUT2D eigenvalue weighted by molar-refractivity contribution is 0.312. The van der Waals surface area contributed by atoms with E-state index in [0.29, 0.717) is 5.56 Å². The summed E-state index contributed by atoms with van der Waals surface area (Å²) in [7, 11) is 0. The van der Waals surface area contributed by atoms with Crippen LogP contribution in [0.4, 0.5) is 8.78 Å². The van der Waals surface area contributed by atoms with Crippen LogP contribution in [0.5, 0.6) is 0 Å². The Morgan fingerprint density at radius 1 is 1.17 bits per heavy atom. The standard InChI is InChI=1S/C15H17F2N/c1-2-10-3-5-11(6-4-10)13-8-7-12(9-18)14(16)15(13)17/h7-8,10-11H,2-6H2,1H3/t10-,11-. The number of rotatable bonds is 2. The van der Waals surface area contributed by atoms with Gasteiger partial charge in [-0.25, -0.2) is 8.78 Å². The van der Waals surface area contributed by atoms with Crippen molar-refractivity contribution in [2.24, 2.45) is 5.92 Å². The van der Waals surface area contributed by atoms with Crippen LogP contribution >= 0.6 is 0 Å². The smallest absolute Gasteiger partial charge is 0.176 e. The quantitative estimate of drug-likeness (QED) is 0.756. The molecule has 0 radical (unpaired) electrons. The van der Waals surface area contributed by atoms with Gasteiger partial charge in [0.1, 0.15) is 6.07 Å². The van der Waals surface area contributed by atoms with E-state index in [1.807, 2.05) is 0 Å². The first-order valence-electron chi connectivity index (χ1n) is 6.55. The van der Waals surface area contributed by atoms with Crippen molar-refractivity contribution in [3.63, 3.8) is 0 Å². The predicted molar refractivity (Wildman–Crippen MR) is 66.1 cm³/mol. The molecule has 1 fully saturated rings.